The van der Waals surface area contributed by atoms with E-state index in [4.69, 9.17) is 26.8 Å². The van der Waals surface area contributed by atoms with Gasteiger partial charge in [0.1, 0.15) is 0 Å². The molecule has 0 aliphatic carbocycles. The van der Waals surface area contributed by atoms with Crippen LogP contribution >= 0.6 is 11.6 Å². The molecule has 0 fully saturated rings. The zero-order valence-electron chi connectivity index (χ0n) is 12.4. The molecule has 0 saturated carbocycles. The van der Waals surface area contributed by atoms with Gasteiger partial charge in [-0.05, 0) is 31.5 Å². The van der Waals surface area contributed by atoms with Crippen LogP contribution in [0.1, 0.15) is 19.4 Å². The van der Waals surface area contributed by atoms with Gasteiger partial charge in [-0.25, -0.2) is 0 Å². The number of rotatable bonds is 10. The second-order valence-corrected chi connectivity index (χ2v) is 4.78. The second-order valence-electron chi connectivity index (χ2n) is 4.37. The third-order valence-electron chi connectivity index (χ3n) is 3.01. The third kappa shape index (κ3) is 5.67. The molecule has 0 bridgehead atoms. The van der Waals surface area contributed by atoms with Crippen molar-refractivity contribution < 1.29 is 9.47 Å². The second kappa shape index (κ2) is 10.00. The number of nitrogens with zero attached hydrogens (tertiary/aromatic N) is 1. The van der Waals surface area contributed by atoms with Gasteiger partial charge in [-0.1, -0.05) is 17.7 Å². The zero-order valence-corrected chi connectivity index (χ0v) is 13.2. The summed E-state index contributed by atoms with van der Waals surface area (Å²) < 4.78 is 10.9. The van der Waals surface area contributed by atoms with E-state index >= 15 is 0 Å². The fourth-order valence-electron chi connectivity index (χ4n) is 1.92. The first-order valence-corrected chi connectivity index (χ1v) is 7.49. The molecule has 0 amide bonds. The number of anilines is 1. The highest BCUT2D eigenvalue weighted by Crippen LogP contribution is 2.26. The van der Waals surface area contributed by atoms with Crippen LogP contribution in [-0.2, 0) is 16.0 Å². The van der Waals surface area contributed by atoms with Crippen molar-refractivity contribution >= 4 is 17.3 Å². The maximum atomic E-state index is 6.35. The van der Waals surface area contributed by atoms with E-state index in [9.17, 15) is 0 Å². The van der Waals surface area contributed by atoms with Crippen molar-refractivity contribution in [1.29, 1.82) is 0 Å². The van der Waals surface area contributed by atoms with Crippen LogP contribution in [0.2, 0.25) is 5.02 Å². The van der Waals surface area contributed by atoms with Crippen molar-refractivity contribution in [1.82, 2.24) is 0 Å². The van der Waals surface area contributed by atoms with E-state index in [0.29, 0.717) is 19.8 Å². The molecule has 4 nitrogen and oxygen atoms in total. The van der Waals surface area contributed by atoms with Gasteiger partial charge in [0, 0.05) is 32.8 Å². The molecule has 1 aromatic rings. The van der Waals surface area contributed by atoms with Gasteiger partial charge in [-0.15, -0.1) is 0 Å². The average molecular weight is 301 g/mol. The molecular weight excluding hydrogens is 276 g/mol. The summed E-state index contributed by atoms with van der Waals surface area (Å²) in [5.74, 6) is 0. The molecule has 0 aliphatic heterocycles. The van der Waals surface area contributed by atoms with Gasteiger partial charge in [0.2, 0.25) is 0 Å². The molecule has 20 heavy (non-hydrogen) atoms. The zero-order chi connectivity index (χ0) is 14.8. The summed E-state index contributed by atoms with van der Waals surface area (Å²) in [7, 11) is 0. The molecule has 114 valence electrons. The van der Waals surface area contributed by atoms with Gasteiger partial charge < -0.3 is 20.1 Å². The van der Waals surface area contributed by atoms with E-state index in [1.54, 1.807) is 0 Å². The third-order valence-corrected chi connectivity index (χ3v) is 3.31. The largest absolute Gasteiger partial charge is 0.380 e. The summed E-state index contributed by atoms with van der Waals surface area (Å²) in [5.41, 5.74) is 7.67. The van der Waals surface area contributed by atoms with Gasteiger partial charge in [-0.3, -0.25) is 0 Å². The maximum Gasteiger partial charge on any atom is 0.0642 e. The van der Waals surface area contributed by atoms with Crippen LogP contribution in [0.5, 0.6) is 0 Å². The molecule has 0 aromatic heterocycles. The van der Waals surface area contributed by atoms with Crippen LogP contribution in [0, 0.1) is 0 Å². The Morgan fingerprint density at radius 2 is 1.70 bits per heavy atom. The molecule has 5 heteroatoms. The number of benzene rings is 1. The van der Waals surface area contributed by atoms with Crippen molar-refractivity contribution in [3.8, 4) is 0 Å². The summed E-state index contributed by atoms with van der Waals surface area (Å²) in [6.45, 7) is 8.87. The molecular formula is C15H25ClN2O2. The van der Waals surface area contributed by atoms with E-state index in [1.807, 2.05) is 32.0 Å². The van der Waals surface area contributed by atoms with Crippen molar-refractivity contribution in [2.75, 3.05) is 44.4 Å². The van der Waals surface area contributed by atoms with E-state index in [0.717, 1.165) is 42.6 Å². The van der Waals surface area contributed by atoms with E-state index < -0.39 is 0 Å². The predicted octanol–water partition coefficient (Wildman–Crippen LogP) is 2.68. The summed E-state index contributed by atoms with van der Waals surface area (Å²) in [5, 5.41) is 0.723. The SMILES string of the molecule is CCOCCN(CCOCC)c1ccc(CN)cc1Cl. The van der Waals surface area contributed by atoms with Crippen molar-refractivity contribution in [2.24, 2.45) is 5.73 Å². The van der Waals surface area contributed by atoms with E-state index in [1.165, 1.54) is 0 Å². The molecule has 1 rings (SSSR count). The lowest BCUT2D eigenvalue weighted by atomic mass is 10.2. The summed E-state index contributed by atoms with van der Waals surface area (Å²) in [6, 6.07) is 5.95. The lowest BCUT2D eigenvalue weighted by Crippen LogP contribution is -2.31. The Kier molecular flexibility index (Phi) is 8.62. The highest BCUT2D eigenvalue weighted by Gasteiger charge is 2.10. The summed E-state index contributed by atoms with van der Waals surface area (Å²) >= 11 is 6.35. The predicted molar refractivity (Wildman–Crippen MR) is 84.5 cm³/mol. The van der Waals surface area contributed by atoms with Crippen LogP contribution in [0.4, 0.5) is 5.69 Å². The fraction of sp³-hybridized carbons (Fsp3) is 0.600. The number of halogens is 1. The first kappa shape index (κ1) is 17.2. The van der Waals surface area contributed by atoms with Crippen molar-refractivity contribution in [3.05, 3.63) is 28.8 Å². The number of hydrogen-bond donors (Lipinski definition) is 1. The Bertz CT molecular complexity index is 378. The monoisotopic (exact) mass is 300 g/mol. The van der Waals surface area contributed by atoms with Gasteiger partial charge in [0.25, 0.3) is 0 Å². The minimum absolute atomic E-state index is 0.498. The summed E-state index contributed by atoms with van der Waals surface area (Å²) in [6.07, 6.45) is 0. The Morgan fingerprint density at radius 1 is 1.10 bits per heavy atom. The van der Waals surface area contributed by atoms with Gasteiger partial charge in [-0.2, -0.15) is 0 Å². The minimum Gasteiger partial charge on any atom is -0.380 e. The van der Waals surface area contributed by atoms with Crippen molar-refractivity contribution in [2.45, 2.75) is 20.4 Å². The van der Waals surface area contributed by atoms with E-state index in [2.05, 4.69) is 4.90 Å². The maximum absolute atomic E-state index is 6.35. The van der Waals surface area contributed by atoms with Crippen LogP contribution in [0.15, 0.2) is 18.2 Å². The quantitative estimate of drug-likeness (QED) is 0.675. The molecule has 0 saturated heterocycles. The molecule has 0 spiro atoms. The average Bonchev–Trinajstić information content (AvgIpc) is 2.46. The fourth-order valence-corrected chi connectivity index (χ4v) is 2.25. The topological polar surface area (TPSA) is 47.7 Å². The number of ether oxygens (including phenoxy) is 2. The lowest BCUT2D eigenvalue weighted by molar-refractivity contribution is 0.141. The van der Waals surface area contributed by atoms with Gasteiger partial charge in [0.15, 0.2) is 0 Å². The van der Waals surface area contributed by atoms with Crippen LogP contribution in [0.3, 0.4) is 0 Å². The molecule has 0 radical (unpaired) electrons. The normalized spacial score (nSPS) is 10.8. The smallest absolute Gasteiger partial charge is 0.0642 e. The molecule has 0 aliphatic rings. The van der Waals surface area contributed by atoms with Crippen LogP contribution in [-0.4, -0.2) is 39.5 Å². The molecule has 0 heterocycles. The Labute approximate surface area is 126 Å². The van der Waals surface area contributed by atoms with E-state index in [-0.39, 0.29) is 0 Å². The first-order chi connectivity index (χ1) is 9.72. The Hall–Kier alpha value is -0.810. The highest BCUT2D eigenvalue weighted by molar-refractivity contribution is 6.33. The van der Waals surface area contributed by atoms with Crippen LogP contribution in [0.25, 0.3) is 0 Å². The number of hydrogen-bond acceptors (Lipinski definition) is 4. The molecule has 0 atom stereocenters. The van der Waals surface area contributed by atoms with Gasteiger partial charge >= 0.3 is 0 Å². The van der Waals surface area contributed by atoms with Crippen molar-refractivity contribution in [3.63, 3.8) is 0 Å². The minimum atomic E-state index is 0.498. The standard InChI is InChI=1S/C15H25ClN2O2/c1-3-19-9-7-18(8-10-20-4-2)15-6-5-13(12-17)11-14(15)16/h5-6,11H,3-4,7-10,12,17H2,1-2H3. The molecule has 0 unspecified atom stereocenters. The Balaban J connectivity index is 2.73. The Morgan fingerprint density at radius 3 is 2.15 bits per heavy atom. The lowest BCUT2D eigenvalue weighted by Gasteiger charge is -2.26. The van der Waals surface area contributed by atoms with Crippen LogP contribution < -0.4 is 10.6 Å². The first-order valence-electron chi connectivity index (χ1n) is 7.11. The molecule has 2 N–H and O–H groups in total. The number of nitrogens with two attached hydrogens (primary N) is 1. The van der Waals surface area contributed by atoms with Gasteiger partial charge in [0.05, 0.1) is 23.9 Å². The highest BCUT2D eigenvalue weighted by atomic mass is 35.5. The molecule has 1 aromatic carbocycles. The summed E-state index contributed by atoms with van der Waals surface area (Å²) in [4.78, 5) is 2.19.